The Morgan fingerprint density at radius 3 is 2.57 bits per heavy atom. The standard InChI is InChI=1S/C26H36N2O7/c1-5-34-24(32)20-19-23(31)28(13-7-6-8-14-29)21(26(19)15-16(2)25(20,3)35-26)22(30)27-17-9-11-18(33-4)12-10-17/h9-12,16,19-21,29H,5-8,13-15H2,1-4H3,(H,27,30)/t16?,19-,20-,21?,25+,26?/m0/s1. The Labute approximate surface area is 206 Å². The van der Waals surface area contributed by atoms with Gasteiger partial charge in [-0.15, -0.1) is 0 Å². The third kappa shape index (κ3) is 4.08. The normalized spacial score (nSPS) is 33.1. The van der Waals surface area contributed by atoms with Crippen molar-refractivity contribution in [1.29, 1.82) is 0 Å². The minimum absolute atomic E-state index is 0.0356. The van der Waals surface area contributed by atoms with Crippen LogP contribution in [0, 0.1) is 17.8 Å². The molecule has 1 aromatic rings. The smallest absolute Gasteiger partial charge is 0.312 e. The molecular formula is C26H36N2O7. The number of aliphatic hydroxyl groups excluding tert-OH is 1. The summed E-state index contributed by atoms with van der Waals surface area (Å²) in [5.41, 5.74) is -1.40. The van der Waals surface area contributed by atoms with Gasteiger partial charge in [0.05, 0.1) is 25.2 Å². The van der Waals surface area contributed by atoms with Crippen molar-refractivity contribution in [3.63, 3.8) is 0 Å². The molecule has 1 spiro atoms. The summed E-state index contributed by atoms with van der Waals surface area (Å²) in [4.78, 5) is 42.3. The van der Waals surface area contributed by atoms with Gasteiger partial charge in [-0.3, -0.25) is 14.4 Å². The van der Waals surface area contributed by atoms with Crippen molar-refractivity contribution in [2.45, 2.75) is 63.7 Å². The number of carbonyl (C=O) groups is 3. The summed E-state index contributed by atoms with van der Waals surface area (Å²) < 4.78 is 17.2. The van der Waals surface area contributed by atoms with Gasteiger partial charge in [-0.1, -0.05) is 6.92 Å². The second-order valence-electron chi connectivity index (χ2n) is 9.99. The highest BCUT2D eigenvalue weighted by atomic mass is 16.6. The van der Waals surface area contributed by atoms with Crippen LogP contribution >= 0.6 is 0 Å². The number of rotatable bonds is 10. The average Bonchev–Trinajstić information content (AvgIpc) is 3.34. The van der Waals surface area contributed by atoms with Crippen LogP contribution < -0.4 is 10.1 Å². The maximum atomic E-state index is 13.8. The van der Waals surface area contributed by atoms with Crippen LogP contribution in [0.25, 0.3) is 0 Å². The first-order valence-corrected chi connectivity index (χ1v) is 12.5. The summed E-state index contributed by atoms with van der Waals surface area (Å²) >= 11 is 0. The third-order valence-electron chi connectivity index (χ3n) is 8.02. The highest BCUT2D eigenvalue weighted by Crippen LogP contribution is 2.65. The van der Waals surface area contributed by atoms with Gasteiger partial charge in [0.2, 0.25) is 11.8 Å². The van der Waals surface area contributed by atoms with E-state index < -0.39 is 35.0 Å². The molecule has 35 heavy (non-hydrogen) atoms. The lowest BCUT2D eigenvalue weighted by Crippen LogP contribution is -2.54. The van der Waals surface area contributed by atoms with Crippen molar-refractivity contribution in [3.8, 4) is 5.75 Å². The Bertz CT molecular complexity index is 967. The maximum Gasteiger partial charge on any atom is 0.312 e. The largest absolute Gasteiger partial charge is 0.497 e. The second-order valence-corrected chi connectivity index (χ2v) is 9.99. The molecule has 9 heteroatoms. The molecule has 192 valence electrons. The molecule has 0 aromatic heterocycles. The van der Waals surface area contributed by atoms with Crippen molar-refractivity contribution in [1.82, 2.24) is 4.90 Å². The summed E-state index contributed by atoms with van der Waals surface area (Å²) in [6, 6.07) is 6.11. The van der Waals surface area contributed by atoms with E-state index in [4.69, 9.17) is 19.3 Å². The zero-order valence-corrected chi connectivity index (χ0v) is 20.9. The van der Waals surface area contributed by atoms with E-state index in [0.717, 1.165) is 6.42 Å². The predicted molar refractivity (Wildman–Crippen MR) is 128 cm³/mol. The second kappa shape index (κ2) is 9.78. The molecule has 3 aliphatic heterocycles. The monoisotopic (exact) mass is 488 g/mol. The van der Waals surface area contributed by atoms with Crippen LogP contribution in [0.3, 0.4) is 0 Å². The van der Waals surface area contributed by atoms with Crippen molar-refractivity contribution >= 4 is 23.5 Å². The summed E-state index contributed by atoms with van der Waals surface area (Å²) in [5, 5.41) is 12.1. The van der Waals surface area contributed by atoms with Crippen LogP contribution in [0.2, 0.25) is 0 Å². The highest BCUT2D eigenvalue weighted by molar-refractivity contribution is 6.03. The number of amides is 2. The number of unbranched alkanes of at least 4 members (excludes halogenated alkanes) is 2. The molecule has 1 aromatic carbocycles. The molecule has 2 N–H and O–H groups in total. The number of benzene rings is 1. The number of nitrogens with zero attached hydrogens (tertiary/aromatic N) is 1. The summed E-state index contributed by atoms with van der Waals surface area (Å²) in [6.07, 6.45) is 2.49. The molecule has 9 nitrogen and oxygen atoms in total. The number of nitrogens with one attached hydrogen (secondary N) is 1. The van der Waals surface area contributed by atoms with Crippen LogP contribution in [-0.2, 0) is 23.9 Å². The Kier molecular flexibility index (Phi) is 7.11. The van der Waals surface area contributed by atoms with Crippen molar-refractivity contribution < 1.29 is 33.7 Å². The van der Waals surface area contributed by atoms with Crippen LogP contribution in [-0.4, -0.2) is 71.9 Å². The van der Waals surface area contributed by atoms with Gasteiger partial charge in [0, 0.05) is 18.8 Å². The fraction of sp³-hybridized carbons (Fsp3) is 0.654. The lowest BCUT2D eigenvalue weighted by molar-refractivity contribution is -0.160. The zero-order chi connectivity index (χ0) is 25.4. The first-order valence-electron chi connectivity index (χ1n) is 12.5. The lowest BCUT2D eigenvalue weighted by Gasteiger charge is -2.35. The molecule has 2 amide bonds. The molecular weight excluding hydrogens is 452 g/mol. The summed E-state index contributed by atoms with van der Waals surface area (Å²) in [6.45, 7) is 6.24. The molecule has 2 bridgehead atoms. The van der Waals surface area contributed by atoms with Gasteiger partial charge in [0.25, 0.3) is 0 Å². The van der Waals surface area contributed by atoms with Crippen LogP contribution in [0.4, 0.5) is 5.69 Å². The highest BCUT2D eigenvalue weighted by Gasteiger charge is 2.80. The predicted octanol–water partition coefficient (Wildman–Crippen LogP) is 2.37. The number of ether oxygens (including phenoxy) is 3. The Morgan fingerprint density at radius 2 is 1.94 bits per heavy atom. The van der Waals surface area contributed by atoms with Gasteiger partial charge in [-0.05, 0) is 69.7 Å². The maximum absolute atomic E-state index is 13.8. The minimum atomic E-state index is -1.10. The third-order valence-corrected chi connectivity index (χ3v) is 8.02. The van der Waals surface area contributed by atoms with E-state index in [1.807, 2.05) is 13.8 Å². The topological polar surface area (TPSA) is 114 Å². The molecule has 0 radical (unpaired) electrons. The zero-order valence-electron chi connectivity index (χ0n) is 20.9. The van der Waals surface area contributed by atoms with E-state index in [0.29, 0.717) is 37.2 Å². The molecule has 3 saturated heterocycles. The van der Waals surface area contributed by atoms with Crippen LogP contribution in [0.15, 0.2) is 24.3 Å². The number of aliphatic hydroxyl groups is 1. The Hall–Kier alpha value is -2.65. The lowest BCUT2D eigenvalue weighted by atomic mass is 9.62. The number of fused-ring (bicyclic) bond motifs is 1. The van der Waals surface area contributed by atoms with Gasteiger partial charge in [0.15, 0.2) is 0 Å². The summed E-state index contributed by atoms with van der Waals surface area (Å²) in [5.74, 6) is -1.93. The number of hydrogen-bond donors (Lipinski definition) is 2. The molecule has 0 aliphatic carbocycles. The van der Waals surface area contributed by atoms with Crippen molar-refractivity contribution in [2.75, 3.05) is 32.2 Å². The number of hydrogen-bond acceptors (Lipinski definition) is 7. The van der Waals surface area contributed by atoms with Gasteiger partial charge in [0.1, 0.15) is 23.3 Å². The molecule has 4 rings (SSSR count). The van der Waals surface area contributed by atoms with E-state index >= 15 is 0 Å². The molecule has 3 fully saturated rings. The van der Waals surface area contributed by atoms with Crippen LogP contribution in [0.5, 0.6) is 5.75 Å². The Balaban J connectivity index is 1.69. The Morgan fingerprint density at radius 1 is 1.23 bits per heavy atom. The van der Waals surface area contributed by atoms with E-state index in [1.165, 1.54) is 0 Å². The minimum Gasteiger partial charge on any atom is -0.497 e. The van der Waals surface area contributed by atoms with Gasteiger partial charge in [-0.25, -0.2) is 0 Å². The van der Waals surface area contributed by atoms with Gasteiger partial charge in [-0.2, -0.15) is 0 Å². The van der Waals surface area contributed by atoms with Crippen molar-refractivity contribution in [2.24, 2.45) is 17.8 Å². The van der Waals surface area contributed by atoms with Gasteiger partial charge >= 0.3 is 5.97 Å². The molecule has 6 atom stereocenters. The van der Waals surface area contributed by atoms with Crippen LogP contribution in [0.1, 0.15) is 46.5 Å². The van der Waals surface area contributed by atoms with E-state index in [2.05, 4.69) is 5.32 Å². The fourth-order valence-electron chi connectivity index (χ4n) is 6.33. The molecule has 0 saturated carbocycles. The summed E-state index contributed by atoms with van der Waals surface area (Å²) in [7, 11) is 1.57. The SMILES string of the molecule is CCOC(=O)[C@@H]1[C@H]2C(=O)N(CCCCCO)C(C(=O)Nc3ccc(OC)cc3)C23CC(C)[C@@]1(C)O3. The first kappa shape index (κ1) is 25.4. The number of likely N-dealkylation sites (tertiary alicyclic amines) is 1. The number of esters is 1. The van der Waals surface area contributed by atoms with E-state index in [-0.39, 0.29) is 30.9 Å². The number of anilines is 1. The number of carbonyl (C=O) groups excluding carboxylic acids is 3. The molecule has 3 unspecified atom stereocenters. The van der Waals surface area contributed by atoms with E-state index in [9.17, 15) is 14.4 Å². The van der Waals surface area contributed by atoms with E-state index in [1.54, 1.807) is 43.2 Å². The number of methoxy groups -OCH3 is 1. The average molecular weight is 489 g/mol. The quantitative estimate of drug-likeness (QED) is 0.384. The molecule has 3 heterocycles. The molecule has 3 aliphatic rings. The first-order chi connectivity index (χ1) is 16.7. The van der Waals surface area contributed by atoms with Gasteiger partial charge < -0.3 is 29.5 Å². The van der Waals surface area contributed by atoms with Crippen molar-refractivity contribution in [3.05, 3.63) is 24.3 Å². The fourth-order valence-corrected chi connectivity index (χ4v) is 6.33.